The summed E-state index contributed by atoms with van der Waals surface area (Å²) in [5.74, 6) is 0.820. The molecule has 1 fully saturated rings. The topological polar surface area (TPSA) is 23.9 Å². The lowest BCUT2D eigenvalue weighted by Crippen LogP contribution is -2.29. The summed E-state index contributed by atoms with van der Waals surface area (Å²) in [4.78, 5) is 0. The summed E-state index contributed by atoms with van der Waals surface area (Å²) in [6, 6.07) is 0. The molecule has 1 heteroatoms. The van der Waals surface area contributed by atoms with E-state index in [1.54, 1.807) is 0 Å². The molecule has 0 saturated heterocycles. The minimum absolute atomic E-state index is 0.0536. The van der Waals surface area contributed by atoms with E-state index < -0.39 is 0 Å². The van der Waals surface area contributed by atoms with Crippen LogP contribution in [0.5, 0.6) is 0 Å². The Morgan fingerprint density at radius 2 is 1.80 bits per heavy atom. The molecule has 1 saturated carbocycles. The lowest BCUT2D eigenvalue weighted by molar-refractivity contribution is 0.284. The standard InChI is InChI=1S/C14H25N/c1-11(2)14(4,12(3)15)10-13-8-6-5-7-9-13/h13,15H,1,5-10H2,2-4H3. The Bertz CT molecular complexity index is 232. The van der Waals surface area contributed by atoms with E-state index in [9.17, 15) is 0 Å². The third-order valence-corrected chi connectivity index (χ3v) is 4.19. The molecule has 1 aliphatic carbocycles. The van der Waals surface area contributed by atoms with Crippen molar-refractivity contribution in [2.75, 3.05) is 0 Å². The zero-order chi connectivity index (χ0) is 11.5. The Kier molecular flexibility index (Phi) is 4.12. The van der Waals surface area contributed by atoms with E-state index in [1.165, 1.54) is 32.1 Å². The van der Waals surface area contributed by atoms with Crippen molar-refractivity contribution in [2.24, 2.45) is 11.3 Å². The quantitative estimate of drug-likeness (QED) is 0.515. The van der Waals surface area contributed by atoms with E-state index in [2.05, 4.69) is 20.4 Å². The predicted molar refractivity (Wildman–Crippen MR) is 67.5 cm³/mol. The number of allylic oxidation sites excluding steroid dienone is 1. The third-order valence-electron chi connectivity index (χ3n) is 4.19. The fraction of sp³-hybridized carbons (Fsp3) is 0.786. The number of hydrogen-bond acceptors (Lipinski definition) is 1. The van der Waals surface area contributed by atoms with Crippen LogP contribution in [0.3, 0.4) is 0 Å². The van der Waals surface area contributed by atoms with Gasteiger partial charge in [-0.05, 0) is 26.2 Å². The van der Waals surface area contributed by atoms with Gasteiger partial charge in [0.25, 0.3) is 0 Å². The van der Waals surface area contributed by atoms with Crippen LogP contribution in [-0.2, 0) is 0 Å². The molecule has 1 aliphatic rings. The molecule has 0 spiro atoms. The van der Waals surface area contributed by atoms with Crippen LogP contribution in [0.25, 0.3) is 0 Å². The maximum atomic E-state index is 7.94. The normalized spacial score (nSPS) is 22.1. The summed E-state index contributed by atoms with van der Waals surface area (Å²) < 4.78 is 0. The number of nitrogens with one attached hydrogen (secondary N) is 1. The van der Waals surface area contributed by atoms with Crippen molar-refractivity contribution in [1.29, 1.82) is 5.41 Å². The van der Waals surface area contributed by atoms with Crippen molar-refractivity contribution >= 4 is 5.71 Å². The highest BCUT2D eigenvalue weighted by Gasteiger charge is 2.31. The van der Waals surface area contributed by atoms with Crippen LogP contribution in [0, 0.1) is 16.7 Å². The summed E-state index contributed by atoms with van der Waals surface area (Å²) in [5.41, 5.74) is 1.88. The molecule has 1 N–H and O–H groups in total. The fourth-order valence-electron chi connectivity index (χ4n) is 2.62. The zero-order valence-electron chi connectivity index (χ0n) is 10.5. The first-order valence-corrected chi connectivity index (χ1v) is 6.18. The largest absolute Gasteiger partial charge is 0.309 e. The second-order valence-electron chi connectivity index (χ2n) is 5.45. The SMILES string of the molecule is C=C(C)C(C)(CC1CCCCC1)C(C)=N. The van der Waals surface area contributed by atoms with Crippen LogP contribution in [0.4, 0.5) is 0 Å². The van der Waals surface area contributed by atoms with Crippen molar-refractivity contribution in [3.05, 3.63) is 12.2 Å². The average molecular weight is 207 g/mol. The number of hydrogen-bond donors (Lipinski definition) is 1. The second kappa shape index (κ2) is 4.96. The van der Waals surface area contributed by atoms with Gasteiger partial charge in [0.15, 0.2) is 0 Å². The molecule has 86 valence electrons. The zero-order valence-corrected chi connectivity index (χ0v) is 10.5. The van der Waals surface area contributed by atoms with Crippen LogP contribution in [0.1, 0.15) is 59.3 Å². The molecule has 1 rings (SSSR count). The Hall–Kier alpha value is -0.590. The van der Waals surface area contributed by atoms with E-state index in [0.717, 1.165) is 23.6 Å². The molecular formula is C14H25N. The molecule has 1 unspecified atom stereocenters. The van der Waals surface area contributed by atoms with Crippen LogP contribution in [-0.4, -0.2) is 5.71 Å². The Balaban J connectivity index is 2.65. The van der Waals surface area contributed by atoms with Gasteiger partial charge in [0.05, 0.1) is 0 Å². The first kappa shape index (κ1) is 12.5. The van der Waals surface area contributed by atoms with Gasteiger partial charge in [-0.1, -0.05) is 51.2 Å². The summed E-state index contributed by atoms with van der Waals surface area (Å²) in [5, 5.41) is 7.94. The summed E-state index contributed by atoms with van der Waals surface area (Å²) >= 11 is 0. The monoisotopic (exact) mass is 207 g/mol. The van der Waals surface area contributed by atoms with Gasteiger partial charge in [0.2, 0.25) is 0 Å². The van der Waals surface area contributed by atoms with Crippen molar-refractivity contribution < 1.29 is 0 Å². The highest BCUT2D eigenvalue weighted by molar-refractivity contribution is 5.87. The predicted octanol–water partition coefficient (Wildman–Crippen LogP) is 4.58. The summed E-state index contributed by atoms with van der Waals surface area (Å²) in [6.45, 7) is 10.3. The van der Waals surface area contributed by atoms with E-state index in [0.29, 0.717) is 0 Å². The van der Waals surface area contributed by atoms with Gasteiger partial charge in [-0.2, -0.15) is 0 Å². The fourth-order valence-corrected chi connectivity index (χ4v) is 2.62. The average Bonchev–Trinajstić information content (AvgIpc) is 2.18. The summed E-state index contributed by atoms with van der Waals surface area (Å²) in [6.07, 6.45) is 8.02. The lowest BCUT2D eigenvalue weighted by atomic mass is 9.70. The molecule has 0 heterocycles. The summed E-state index contributed by atoms with van der Waals surface area (Å²) in [7, 11) is 0. The van der Waals surface area contributed by atoms with Gasteiger partial charge >= 0.3 is 0 Å². The Labute approximate surface area is 94.5 Å². The molecule has 0 aromatic carbocycles. The molecule has 0 aromatic heterocycles. The van der Waals surface area contributed by atoms with Crippen LogP contribution in [0.15, 0.2) is 12.2 Å². The van der Waals surface area contributed by atoms with Gasteiger partial charge in [-0.15, -0.1) is 0 Å². The molecule has 0 aromatic rings. The molecule has 15 heavy (non-hydrogen) atoms. The first-order valence-electron chi connectivity index (χ1n) is 6.18. The minimum Gasteiger partial charge on any atom is -0.309 e. The molecular weight excluding hydrogens is 182 g/mol. The van der Waals surface area contributed by atoms with E-state index in [1.807, 2.05) is 6.92 Å². The maximum Gasteiger partial charge on any atom is 0.0254 e. The molecule has 0 amide bonds. The van der Waals surface area contributed by atoms with Gasteiger partial charge in [-0.25, -0.2) is 0 Å². The maximum absolute atomic E-state index is 7.94. The van der Waals surface area contributed by atoms with E-state index >= 15 is 0 Å². The van der Waals surface area contributed by atoms with Gasteiger partial charge in [-0.3, -0.25) is 0 Å². The van der Waals surface area contributed by atoms with Crippen LogP contribution < -0.4 is 0 Å². The van der Waals surface area contributed by atoms with Crippen LogP contribution >= 0.6 is 0 Å². The van der Waals surface area contributed by atoms with Gasteiger partial charge in [0, 0.05) is 11.1 Å². The van der Waals surface area contributed by atoms with Crippen molar-refractivity contribution in [2.45, 2.75) is 59.3 Å². The van der Waals surface area contributed by atoms with Crippen molar-refractivity contribution in [3.8, 4) is 0 Å². The van der Waals surface area contributed by atoms with Crippen molar-refractivity contribution in [1.82, 2.24) is 0 Å². The highest BCUT2D eigenvalue weighted by Crippen LogP contribution is 2.39. The van der Waals surface area contributed by atoms with Gasteiger partial charge < -0.3 is 5.41 Å². The smallest absolute Gasteiger partial charge is 0.0254 e. The first-order chi connectivity index (χ1) is 6.97. The Morgan fingerprint density at radius 1 is 1.27 bits per heavy atom. The minimum atomic E-state index is -0.0536. The molecule has 0 bridgehead atoms. The van der Waals surface area contributed by atoms with E-state index in [-0.39, 0.29) is 5.41 Å². The third kappa shape index (κ3) is 2.93. The lowest BCUT2D eigenvalue weighted by Gasteiger charge is -2.35. The molecule has 0 aliphatic heterocycles. The molecule has 1 atom stereocenters. The highest BCUT2D eigenvalue weighted by atomic mass is 14.5. The van der Waals surface area contributed by atoms with Crippen molar-refractivity contribution in [3.63, 3.8) is 0 Å². The Morgan fingerprint density at radius 3 is 2.20 bits per heavy atom. The van der Waals surface area contributed by atoms with E-state index in [4.69, 9.17) is 5.41 Å². The molecule has 1 nitrogen and oxygen atoms in total. The van der Waals surface area contributed by atoms with Gasteiger partial charge in [0.1, 0.15) is 0 Å². The molecule has 0 radical (unpaired) electrons. The van der Waals surface area contributed by atoms with Crippen LogP contribution in [0.2, 0.25) is 0 Å². The second-order valence-corrected chi connectivity index (χ2v) is 5.45. The number of rotatable bonds is 4.